The zero-order valence-electron chi connectivity index (χ0n) is 12.7. The zero-order chi connectivity index (χ0) is 15.8. The summed E-state index contributed by atoms with van der Waals surface area (Å²) in [6.07, 6.45) is 7.14. The van der Waals surface area contributed by atoms with E-state index in [4.69, 9.17) is 9.84 Å². The number of hydrogen-bond donors (Lipinski definition) is 1. The van der Waals surface area contributed by atoms with Gasteiger partial charge in [-0.25, -0.2) is 4.79 Å². The average Bonchev–Trinajstić information content (AvgIpc) is 2.55. The third kappa shape index (κ3) is 4.48. The van der Waals surface area contributed by atoms with Crippen molar-refractivity contribution in [2.45, 2.75) is 26.2 Å². The lowest BCUT2D eigenvalue weighted by Crippen LogP contribution is -1.94. The monoisotopic (exact) mass is 296 g/mol. The number of allylic oxidation sites excluding steroid dienone is 1. The van der Waals surface area contributed by atoms with Crippen molar-refractivity contribution in [2.75, 3.05) is 0 Å². The number of ether oxygens (including phenoxy) is 1. The summed E-state index contributed by atoms with van der Waals surface area (Å²) in [6.45, 7) is 2.16. The van der Waals surface area contributed by atoms with Crippen LogP contribution >= 0.6 is 0 Å². The molecule has 22 heavy (non-hydrogen) atoms. The molecule has 0 aliphatic carbocycles. The van der Waals surface area contributed by atoms with Crippen LogP contribution in [0.2, 0.25) is 0 Å². The van der Waals surface area contributed by atoms with Crippen molar-refractivity contribution in [3.05, 3.63) is 66.4 Å². The molecule has 3 heteroatoms. The molecule has 0 aliphatic heterocycles. The van der Waals surface area contributed by atoms with E-state index in [1.165, 1.54) is 12.8 Å². The van der Waals surface area contributed by atoms with E-state index in [0.717, 1.165) is 23.3 Å². The van der Waals surface area contributed by atoms with E-state index in [0.29, 0.717) is 5.56 Å². The summed E-state index contributed by atoms with van der Waals surface area (Å²) in [4.78, 5) is 10.8. The molecule has 0 unspecified atom stereocenters. The van der Waals surface area contributed by atoms with Gasteiger partial charge in [0.1, 0.15) is 5.75 Å². The van der Waals surface area contributed by atoms with Gasteiger partial charge in [0.2, 0.25) is 0 Å². The first-order valence-corrected chi connectivity index (χ1v) is 7.46. The van der Waals surface area contributed by atoms with Crippen LogP contribution in [0, 0.1) is 0 Å². The van der Waals surface area contributed by atoms with Gasteiger partial charge in [-0.1, -0.05) is 37.6 Å². The highest BCUT2D eigenvalue weighted by Crippen LogP contribution is 2.23. The lowest BCUT2D eigenvalue weighted by molar-refractivity contribution is 0.0697. The third-order valence-electron chi connectivity index (χ3n) is 3.34. The number of carbonyl (C=O) groups is 1. The molecular weight excluding hydrogens is 276 g/mol. The summed E-state index contributed by atoms with van der Waals surface area (Å²) in [5.41, 5.74) is 2.30. The summed E-state index contributed by atoms with van der Waals surface area (Å²) in [5.74, 6) is -0.121. The Balaban J connectivity index is 1.99. The number of unbranched alkanes of at least 4 members (excludes halogenated alkanes) is 2. The minimum Gasteiger partial charge on any atom is -0.478 e. The number of carboxylic acid groups (broad SMARTS) is 1. The van der Waals surface area contributed by atoms with Gasteiger partial charge in [0.25, 0.3) is 0 Å². The van der Waals surface area contributed by atoms with Crippen molar-refractivity contribution >= 4 is 5.97 Å². The van der Waals surface area contributed by atoms with Crippen molar-refractivity contribution in [1.29, 1.82) is 0 Å². The molecule has 1 N–H and O–H groups in total. The van der Waals surface area contributed by atoms with E-state index in [2.05, 4.69) is 6.92 Å². The molecule has 2 rings (SSSR count). The van der Waals surface area contributed by atoms with Gasteiger partial charge >= 0.3 is 5.97 Å². The van der Waals surface area contributed by atoms with E-state index >= 15 is 0 Å². The minimum absolute atomic E-state index is 0.293. The van der Waals surface area contributed by atoms with Crippen molar-refractivity contribution in [3.63, 3.8) is 0 Å². The van der Waals surface area contributed by atoms with Crippen molar-refractivity contribution in [2.24, 2.45) is 0 Å². The fourth-order valence-corrected chi connectivity index (χ4v) is 2.05. The average molecular weight is 296 g/mol. The summed E-state index contributed by atoms with van der Waals surface area (Å²) in [6, 6.07) is 14.6. The van der Waals surface area contributed by atoms with Crippen LogP contribution in [-0.4, -0.2) is 11.1 Å². The van der Waals surface area contributed by atoms with Crippen LogP contribution in [0.4, 0.5) is 0 Å². The Labute approximate surface area is 130 Å². The normalized spacial score (nSPS) is 10.8. The van der Waals surface area contributed by atoms with Crippen molar-refractivity contribution < 1.29 is 14.6 Å². The number of hydrogen-bond acceptors (Lipinski definition) is 2. The van der Waals surface area contributed by atoms with Gasteiger partial charge in [-0.05, 0) is 54.3 Å². The van der Waals surface area contributed by atoms with Gasteiger partial charge in [0.15, 0.2) is 0 Å². The Bertz CT molecular complexity index is 625. The number of rotatable bonds is 7. The molecule has 0 aromatic heterocycles. The lowest BCUT2D eigenvalue weighted by atomic mass is 10.0. The highest BCUT2D eigenvalue weighted by atomic mass is 16.5. The molecule has 0 heterocycles. The summed E-state index contributed by atoms with van der Waals surface area (Å²) in [7, 11) is 0. The van der Waals surface area contributed by atoms with Crippen LogP contribution in [0.25, 0.3) is 11.1 Å². The van der Waals surface area contributed by atoms with Crippen LogP contribution in [-0.2, 0) is 0 Å². The topological polar surface area (TPSA) is 46.5 Å². The molecule has 0 bridgehead atoms. The number of aromatic carboxylic acids is 1. The first-order chi connectivity index (χ1) is 10.7. The van der Waals surface area contributed by atoms with E-state index in [9.17, 15) is 4.79 Å². The first-order valence-electron chi connectivity index (χ1n) is 7.46. The first kappa shape index (κ1) is 15.8. The SMILES string of the molecule is CCCCC=COc1ccc(-c2ccc(C(=O)O)cc2)cc1. The molecule has 2 aromatic rings. The van der Waals surface area contributed by atoms with E-state index < -0.39 is 5.97 Å². The zero-order valence-corrected chi connectivity index (χ0v) is 12.7. The van der Waals surface area contributed by atoms with Gasteiger partial charge in [-0.15, -0.1) is 0 Å². The second-order valence-electron chi connectivity index (χ2n) is 5.04. The minimum atomic E-state index is -0.912. The Morgan fingerprint density at radius 1 is 1.05 bits per heavy atom. The second kappa shape index (κ2) is 8.03. The maximum absolute atomic E-state index is 10.8. The second-order valence-corrected chi connectivity index (χ2v) is 5.04. The number of benzene rings is 2. The molecule has 0 saturated carbocycles. The standard InChI is InChI=1S/C19H20O3/c1-2-3-4-5-14-22-18-12-10-16(11-13-18)15-6-8-17(9-7-15)19(20)21/h5-14H,2-4H2,1H3,(H,20,21). The molecule has 0 aliphatic rings. The van der Waals surface area contributed by atoms with Crippen molar-refractivity contribution in [1.82, 2.24) is 0 Å². The molecule has 3 nitrogen and oxygen atoms in total. The largest absolute Gasteiger partial charge is 0.478 e. The fourth-order valence-electron chi connectivity index (χ4n) is 2.05. The van der Waals surface area contributed by atoms with E-state index in [1.54, 1.807) is 18.4 Å². The molecule has 0 radical (unpaired) electrons. The molecule has 0 atom stereocenters. The Kier molecular flexibility index (Phi) is 5.78. The summed E-state index contributed by atoms with van der Waals surface area (Å²) >= 11 is 0. The van der Waals surface area contributed by atoms with Crippen LogP contribution in [0.3, 0.4) is 0 Å². The van der Waals surface area contributed by atoms with Crippen molar-refractivity contribution in [3.8, 4) is 16.9 Å². The van der Waals surface area contributed by atoms with Gasteiger partial charge in [-0.3, -0.25) is 0 Å². The van der Waals surface area contributed by atoms with Crippen LogP contribution in [0.1, 0.15) is 36.5 Å². The van der Waals surface area contributed by atoms with Crippen LogP contribution in [0.15, 0.2) is 60.9 Å². The number of carboxylic acids is 1. The summed E-state index contributed by atoms with van der Waals surface area (Å²) in [5, 5.41) is 8.90. The fraction of sp³-hybridized carbons (Fsp3) is 0.211. The maximum atomic E-state index is 10.8. The maximum Gasteiger partial charge on any atom is 0.335 e. The Hall–Kier alpha value is -2.55. The summed E-state index contributed by atoms with van der Waals surface area (Å²) < 4.78 is 5.54. The quantitative estimate of drug-likeness (QED) is 0.569. The van der Waals surface area contributed by atoms with Crippen LogP contribution in [0.5, 0.6) is 5.75 Å². The van der Waals surface area contributed by atoms with Gasteiger partial charge < -0.3 is 9.84 Å². The highest BCUT2D eigenvalue weighted by Gasteiger charge is 2.03. The smallest absolute Gasteiger partial charge is 0.335 e. The molecule has 114 valence electrons. The van der Waals surface area contributed by atoms with Gasteiger partial charge in [0.05, 0.1) is 11.8 Å². The van der Waals surface area contributed by atoms with E-state index in [1.807, 2.05) is 42.5 Å². The predicted molar refractivity (Wildman–Crippen MR) is 88.1 cm³/mol. The van der Waals surface area contributed by atoms with Crippen LogP contribution < -0.4 is 4.74 Å². The molecule has 0 fully saturated rings. The van der Waals surface area contributed by atoms with Gasteiger partial charge in [-0.2, -0.15) is 0 Å². The van der Waals surface area contributed by atoms with E-state index in [-0.39, 0.29) is 0 Å². The Morgan fingerprint density at radius 3 is 2.18 bits per heavy atom. The molecule has 0 amide bonds. The van der Waals surface area contributed by atoms with Gasteiger partial charge in [0, 0.05) is 0 Å². The third-order valence-corrected chi connectivity index (χ3v) is 3.34. The molecule has 0 saturated heterocycles. The molecule has 2 aromatic carbocycles. The highest BCUT2D eigenvalue weighted by molar-refractivity contribution is 5.88. The predicted octanol–water partition coefficient (Wildman–Crippen LogP) is 5.13. The molecular formula is C19H20O3. The molecule has 0 spiro atoms. The Morgan fingerprint density at radius 2 is 1.64 bits per heavy atom. The lowest BCUT2D eigenvalue weighted by Gasteiger charge is -2.04.